The molecule has 0 saturated heterocycles. The summed E-state index contributed by atoms with van der Waals surface area (Å²) < 4.78 is 0. The van der Waals surface area contributed by atoms with Crippen LogP contribution in [0.1, 0.15) is 19.3 Å². The van der Waals surface area contributed by atoms with Crippen molar-refractivity contribution in [3.05, 3.63) is 47.6 Å². The van der Waals surface area contributed by atoms with Crippen LogP contribution >= 0.6 is 0 Å². The first kappa shape index (κ1) is 11.1. The van der Waals surface area contributed by atoms with Crippen molar-refractivity contribution in [2.45, 2.75) is 25.3 Å². The second-order valence-corrected chi connectivity index (χ2v) is 4.82. The van der Waals surface area contributed by atoms with Gasteiger partial charge in [-0.3, -0.25) is 10.1 Å². The monoisotopic (exact) mass is 219 g/mol. The van der Waals surface area contributed by atoms with E-state index in [1.54, 1.807) is 0 Å². The highest BCUT2D eigenvalue weighted by molar-refractivity contribution is 5.23. The Hall–Kier alpha value is -1.38. The van der Waals surface area contributed by atoms with E-state index in [4.69, 9.17) is 0 Å². The van der Waals surface area contributed by atoms with Crippen LogP contribution in [0.2, 0.25) is 0 Å². The minimum absolute atomic E-state index is 0.0127. The first-order valence-electron chi connectivity index (χ1n) is 5.69. The Kier molecular flexibility index (Phi) is 2.70. The number of allylic oxidation sites excluding steroid dienone is 3. The van der Waals surface area contributed by atoms with Crippen molar-refractivity contribution in [1.29, 1.82) is 0 Å². The minimum Gasteiger partial charge on any atom is -0.264 e. The lowest BCUT2D eigenvalue weighted by atomic mass is 9.71. The number of hydrogen-bond acceptors (Lipinski definition) is 2. The molecule has 3 atom stereocenters. The molecule has 1 saturated carbocycles. The van der Waals surface area contributed by atoms with Gasteiger partial charge in [-0.05, 0) is 24.2 Å². The average Bonchev–Trinajstić information content (AvgIpc) is 2.72. The molecule has 0 N–H and O–H groups in total. The van der Waals surface area contributed by atoms with E-state index in [0.717, 1.165) is 12.8 Å². The molecule has 3 nitrogen and oxygen atoms in total. The van der Waals surface area contributed by atoms with Crippen molar-refractivity contribution in [2.75, 3.05) is 0 Å². The largest absolute Gasteiger partial charge is 0.264 e. The first-order valence-corrected chi connectivity index (χ1v) is 5.69. The van der Waals surface area contributed by atoms with E-state index in [1.807, 2.05) is 18.2 Å². The van der Waals surface area contributed by atoms with Gasteiger partial charge in [0.05, 0.1) is 5.92 Å². The lowest BCUT2D eigenvalue weighted by Gasteiger charge is -2.32. The Morgan fingerprint density at radius 2 is 2.00 bits per heavy atom. The molecule has 3 unspecified atom stereocenters. The van der Waals surface area contributed by atoms with Gasteiger partial charge in [0.1, 0.15) is 0 Å². The zero-order valence-corrected chi connectivity index (χ0v) is 9.34. The number of hydrogen-bond donors (Lipinski definition) is 0. The van der Waals surface area contributed by atoms with Gasteiger partial charge in [0.25, 0.3) is 0 Å². The fourth-order valence-corrected chi connectivity index (χ4v) is 3.53. The third-order valence-electron chi connectivity index (χ3n) is 4.18. The van der Waals surface area contributed by atoms with Crippen LogP contribution in [-0.2, 0) is 0 Å². The van der Waals surface area contributed by atoms with Gasteiger partial charge in [-0.25, -0.2) is 0 Å². The summed E-state index contributed by atoms with van der Waals surface area (Å²) in [6.45, 7) is 7.57. The molecule has 0 aromatic heterocycles. The molecule has 1 fully saturated rings. The van der Waals surface area contributed by atoms with E-state index in [2.05, 4.69) is 19.2 Å². The molecule has 0 aromatic rings. The minimum atomic E-state index is -0.408. The number of rotatable bonds is 5. The highest BCUT2D eigenvalue weighted by atomic mass is 16.6. The summed E-state index contributed by atoms with van der Waals surface area (Å²) in [6, 6.07) is -0.408. The third-order valence-corrected chi connectivity index (χ3v) is 4.18. The van der Waals surface area contributed by atoms with Gasteiger partial charge in [-0.15, -0.1) is 13.2 Å². The molecule has 0 spiro atoms. The van der Waals surface area contributed by atoms with Crippen molar-refractivity contribution in [2.24, 2.45) is 17.3 Å². The Bertz CT molecular complexity index is 349. The molecule has 0 radical (unpaired) electrons. The predicted octanol–water partition coefficient (Wildman–Crippen LogP) is 2.98. The molecule has 16 heavy (non-hydrogen) atoms. The molecular formula is C13H17NO2. The maximum atomic E-state index is 11.0. The zero-order chi connectivity index (χ0) is 11.8. The normalized spacial score (nSPS) is 33.9. The van der Waals surface area contributed by atoms with Crippen LogP contribution in [0.4, 0.5) is 0 Å². The fourth-order valence-electron chi connectivity index (χ4n) is 3.53. The molecule has 86 valence electrons. The molecule has 2 rings (SSSR count). The molecule has 0 heterocycles. The smallest absolute Gasteiger partial charge is 0.220 e. The van der Waals surface area contributed by atoms with Crippen LogP contribution in [-0.4, -0.2) is 11.0 Å². The standard InChI is InChI=1S/C13H17NO2/c1-3-7-13(8-4-2)10-5-6-11(13)12(9-10)14(15)16/h3-6,10-12H,1-2,7-9H2. The summed E-state index contributed by atoms with van der Waals surface area (Å²) in [5, 5.41) is 11.0. The summed E-state index contributed by atoms with van der Waals surface area (Å²) in [4.78, 5) is 10.9. The lowest BCUT2D eigenvalue weighted by Crippen LogP contribution is -2.31. The van der Waals surface area contributed by atoms with Gasteiger partial charge in [-0.2, -0.15) is 0 Å². The topological polar surface area (TPSA) is 43.1 Å². The van der Waals surface area contributed by atoms with Crippen LogP contribution in [0, 0.1) is 27.4 Å². The zero-order valence-electron chi connectivity index (χ0n) is 9.34. The Morgan fingerprint density at radius 3 is 2.44 bits per heavy atom. The van der Waals surface area contributed by atoms with Crippen molar-refractivity contribution < 1.29 is 4.92 Å². The maximum absolute atomic E-state index is 11.0. The van der Waals surface area contributed by atoms with Crippen molar-refractivity contribution in [3.8, 4) is 0 Å². The summed E-state index contributed by atoms with van der Waals surface area (Å²) in [7, 11) is 0. The number of fused-ring (bicyclic) bond motifs is 2. The van der Waals surface area contributed by atoms with Crippen LogP contribution < -0.4 is 0 Å². The number of nitrogens with zero attached hydrogens (tertiary/aromatic N) is 1. The van der Waals surface area contributed by atoms with Crippen LogP contribution in [0.5, 0.6) is 0 Å². The molecule has 0 aliphatic heterocycles. The molecule has 2 aliphatic carbocycles. The first-order chi connectivity index (χ1) is 7.65. The summed E-state index contributed by atoms with van der Waals surface area (Å²) in [5.74, 6) is 0.382. The van der Waals surface area contributed by atoms with Crippen molar-refractivity contribution in [3.63, 3.8) is 0 Å². The van der Waals surface area contributed by atoms with Gasteiger partial charge in [0.2, 0.25) is 6.04 Å². The molecule has 2 aliphatic rings. The maximum Gasteiger partial charge on any atom is 0.220 e. The van der Waals surface area contributed by atoms with Crippen LogP contribution in [0.3, 0.4) is 0 Å². The SMILES string of the molecule is C=CCC1(CC=C)C2C=CC1C([N+](=O)[O-])C2. The van der Waals surface area contributed by atoms with Gasteiger partial charge >= 0.3 is 0 Å². The van der Waals surface area contributed by atoms with Gasteiger partial charge in [0.15, 0.2) is 0 Å². The molecular weight excluding hydrogens is 202 g/mol. The van der Waals surface area contributed by atoms with E-state index >= 15 is 0 Å². The van der Waals surface area contributed by atoms with E-state index in [0.29, 0.717) is 12.3 Å². The van der Waals surface area contributed by atoms with Gasteiger partial charge in [-0.1, -0.05) is 24.3 Å². The van der Waals surface area contributed by atoms with Crippen LogP contribution in [0.15, 0.2) is 37.5 Å². The Morgan fingerprint density at radius 1 is 1.38 bits per heavy atom. The molecule has 3 heteroatoms. The summed E-state index contributed by atoms with van der Waals surface area (Å²) in [5.41, 5.74) is -0.0127. The van der Waals surface area contributed by atoms with Crippen molar-refractivity contribution >= 4 is 0 Å². The fraction of sp³-hybridized carbons (Fsp3) is 0.538. The van der Waals surface area contributed by atoms with Gasteiger partial charge in [0, 0.05) is 11.3 Å². The van der Waals surface area contributed by atoms with Gasteiger partial charge < -0.3 is 0 Å². The molecule has 0 amide bonds. The van der Waals surface area contributed by atoms with E-state index in [1.165, 1.54) is 0 Å². The molecule has 2 bridgehead atoms. The quantitative estimate of drug-likeness (QED) is 0.405. The number of nitro groups is 1. The van der Waals surface area contributed by atoms with E-state index < -0.39 is 6.04 Å². The highest BCUT2D eigenvalue weighted by Crippen LogP contribution is 2.58. The lowest BCUT2D eigenvalue weighted by molar-refractivity contribution is -0.528. The van der Waals surface area contributed by atoms with Crippen LogP contribution in [0.25, 0.3) is 0 Å². The van der Waals surface area contributed by atoms with E-state index in [9.17, 15) is 10.1 Å². The Balaban J connectivity index is 2.32. The van der Waals surface area contributed by atoms with E-state index in [-0.39, 0.29) is 16.3 Å². The Labute approximate surface area is 95.7 Å². The van der Waals surface area contributed by atoms with Crippen molar-refractivity contribution in [1.82, 2.24) is 0 Å². The summed E-state index contributed by atoms with van der Waals surface area (Å²) >= 11 is 0. The molecule has 0 aromatic carbocycles. The second-order valence-electron chi connectivity index (χ2n) is 4.82. The summed E-state index contributed by atoms with van der Waals surface area (Å²) in [6.07, 6.45) is 10.3. The third kappa shape index (κ3) is 1.34. The predicted molar refractivity (Wildman–Crippen MR) is 63.6 cm³/mol. The highest BCUT2D eigenvalue weighted by Gasteiger charge is 2.59. The average molecular weight is 219 g/mol. The second kappa shape index (κ2) is 3.89.